The average molecular weight is 346 g/mol. The molecule has 1 fully saturated rings. The van der Waals surface area contributed by atoms with E-state index in [2.05, 4.69) is 0 Å². The van der Waals surface area contributed by atoms with Crippen LogP contribution >= 0.6 is 11.8 Å². The Bertz CT molecular complexity index is 463. The van der Waals surface area contributed by atoms with Crippen LogP contribution in [0.3, 0.4) is 0 Å². The zero-order valence-corrected chi connectivity index (χ0v) is 14.1. The van der Waals surface area contributed by atoms with Gasteiger partial charge in [0.25, 0.3) is 0 Å². The largest absolute Gasteiger partial charge is 0.478 e. The Balaban J connectivity index is 2.60. The van der Waals surface area contributed by atoms with Crippen LogP contribution in [0, 0.1) is 0 Å². The van der Waals surface area contributed by atoms with Crippen molar-refractivity contribution in [1.82, 2.24) is 0 Å². The number of cyclic esters (lactones) is 1. The summed E-state index contributed by atoms with van der Waals surface area (Å²) in [5.41, 5.74) is 0. The summed E-state index contributed by atoms with van der Waals surface area (Å²) in [7, 11) is 0. The molecule has 1 aliphatic heterocycles. The Morgan fingerprint density at radius 3 is 2.65 bits per heavy atom. The van der Waals surface area contributed by atoms with E-state index in [0.717, 1.165) is 6.92 Å². The summed E-state index contributed by atoms with van der Waals surface area (Å²) in [5.74, 6) is -2.11. The van der Waals surface area contributed by atoms with Gasteiger partial charge in [-0.2, -0.15) is 11.8 Å². The van der Waals surface area contributed by atoms with Gasteiger partial charge in [0.2, 0.25) is 6.10 Å². The first-order valence-electron chi connectivity index (χ1n) is 7.50. The van der Waals surface area contributed by atoms with Crippen molar-refractivity contribution in [3.05, 3.63) is 0 Å². The molecule has 1 aliphatic rings. The molecule has 130 valence electrons. The number of ketones is 1. The molecule has 0 unspecified atom stereocenters. The smallest absolute Gasteiger partial charge is 0.345 e. The molecule has 0 spiro atoms. The van der Waals surface area contributed by atoms with Gasteiger partial charge in [0.05, 0.1) is 6.10 Å². The van der Waals surface area contributed by atoms with Crippen LogP contribution in [0.25, 0.3) is 0 Å². The maximum absolute atomic E-state index is 11.9. The topological polar surface area (TPSA) is 107 Å². The third-order valence-electron chi connectivity index (χ3n) is 3.36. The van der Waals surface area contributed by atoms with Gasteiger partial charge in [-0.25, -0.2) is 4.79 Å². The predicted molar refractivity (Wildman–Crippen MR) is 83.1 cm³/mol. The lowest BCUT2D eigenvalue weighted by Gasteiger charge is -2.21. The molecular weight excluding hydrogens is 324 g/mol. The molecule has 1 heterocycles. The van der Waals surface area contributed by atoms with E-state index in [1.165, 1.54) is 11.8 Å². The average Bonchev–Trinajstić information content (AvgIpc) is 2.45. The molecule has 0 aliphatic carbocycles. The predicted octanol–water partition coefficient (Wildman–Crippen LogP) is 1.57. The summed E-state index contributed by atoms with van der Waals surface area (Å²) >= 11 is 1.23. The molecule has 0 amide bonds. The number of hydrogen-bond acceptors (Lipinski definition) is 7. The third-order valence-corrected chi connectivity index (χ3v) is 4.72. The van der Waals surface area contributed by atoms with Gasteiger partial charge in [-0.15, -0.1) is 0 Å². The fraction of sp³-hybridized carbons (Fsp3) is 0.733. The van der Waals surface area contributed by atoms with Gasteiger partial charge in [0.1, 0.15) is 5.78 Å². The van der Waals surface area contributed by atoms with Crippen LogP contribution in [-0.4, -0.2) is 52.0 Å². The van der Waals surface area contributed by atoms with Crippen LogP contribution in [-0.2, 0) is 28.7 Å². The molecule has 1 rings (SSSR count). The Morgan fingerprint density at radius 2 is 2.04 bits per heavy atom. The first kappa shape index (κ1) is 19.5. The van der Waals surface area contributed by atoms with Gasteiger partial charge in [-0.1, -0.05) is 0 Å². The number of carbonyl (C=O) groups excluding carboxylic acids is 3. The van der Waals surface area contributed by atoms with E-state index in [9.17, 15) is 19.2 Å². The number of hydrogen-bond donors (Lipinski definition) is 1. The van der Waals surface area contributed by atoms with Crippen LogP contribution in [0.5, 0.6) is 0 Å². The number of carbonyl (C=O) groups is 4. The highest BCUT2D eigenvalue weighted by Gasteiger charge is 2.25. The second-order valence-corrected chi connectivity index (χ2v) is 6.85. The SMILES string of the molecule is CC(=O)O[C@@H](CS[C@@H]1CCC(=O)O[C@@H](C)CCC(=O)C1)C(=O)O. The number of Topliss-reactive ketones (excluding diaryl/α,β-unsaturated/α-hetero) is 1. The van der Waals surface area contributed by atoms with E-state index in [4.69, 9.17) is 14.6 Å². The van der Waals surface area contributed by atoms with Crippen molar-refractivity contribution in [1.29, 1.82) is 0 Å². The lowest BCUT2D eigenvalue weighted by Crippen LogP contribution is -2.30. The van der Waals surface area contributed by atoms with Crippen molar-refractivity contribution in [2.24, 2.45) is 0 Å². The Hall–Kier alpha value is -1.57. The monoisotopic (exact) mass is 346 g/mol. The van der Waals surface area contributed by atoms with Gasteiger partial charge in [-0.05, 0) is 19.8 Å². The van der Waals surface area contributed by atoms with E-state index < -0.39 is 18.0 Å². The van der Waals surface area contributed by atoms with E-state index in [1.54, 1.807) is 6.92 Å². The van der Waals surface area contributed by atoms with Crippen LogP contribution in [0.15, 0.2) is 0 Å². The fourth-order valence-electron chi connectivity index (χ4n) is 2.17. The summed E-state index contributed by atoms with van der Waals surface area (Å²) in [6.07, 6.45) is 0.183. The first-order valence-corrected chi connectivity index (χ1v) is 8.55. The number of carboxylic acid groups (broad SMARTS) is 1. The molecule has 0 saturated carbocycles. The molecule has 0 aromatic carbocycles. The van der Waals surface area contributed by atoms with Crippen molar-refractivity contribution >= 4 is 35.5 Å². The number of thioether (sulfide) groups is 1. The highest BCUT2D eigenvalue weighted by molar-refractivity contribution is 8.00. The van der Waals surface area contributed by atoms with E-state index >= 15 is 0 Å². The first-order chi connectivity index (χ1) is 10.8. The Labute approximate surface area is 139 Å². The molecule has 1 saturated heterocycles. The van der Waals surface area contributed by atoms with Crippen molar-refractivity contribution in [2.45, 2.75) is 63.4 Å². The van der Waals surface area contributed by atoms with Crippen LogP contribution < -0.4 is 0 Å². The second kappa shape index (κ2) is 9.54. The van der Waals surface area contributed by atoms with Gasteiger partial charge in [0, 0.05) is 37.2 Å². The van der Waals surface area contributed by atoms with Crippen molar-refractivity contribution in [2.75, 3.05) is 5.75 Å². The number of esters is 2. The van der Waals surface area contributed by atoms with E-state index in [1.807, 2.05) is 0 Å². The van der Waals surface area contributed by atoms with Crippen LogP contribution in [0.4, 0.5) is 0 Å². The van der Waals surface area contributed by atoms with Gasteiger partial charge < -0.3 is 14.6 Å². The zero-order valence-electron chi connectivity index (χ0n) is 13.3. The van der Waals surface area contributed by atoms with Crippen molar-refractivity contribution in [3.63, 3.8) is 0 Å². The van der Waals surface area contributed by atoms with E-state index in [0.29, 0.717) is 19.3 Å². The molecule has 23 heavy (non-hydrogen) atoms. The van der Waals surface area contributed by atoms with Gasteiger partial charge >= 0.3 is 17.9 Å². The Morgan fingerprint density at radius 1 is 1.35 bits per heavy atom. The fourth-order valence-corrected chi connectivity index (χ4v) is 3.41. The highest BCUT2D eigenvalue weighted by atomic mass is 32.2. The van der Waals surface area contributed by atoms with Crippen molar-refractivity contribution < 1.29 is 33.8 Å². The summed E-state index contributed by atoms with van der Waals surface area (Å²) < 4.78 is 9.91. The summed E-state index contributed by atoms with van der Waals surface area (Å²) in [6.45, 7) is 2.90. The minimum atomic E-state index is -1.25. The summed E-state index contributed by atoms with van der Waals surface area (Å²) in [4.78, 5) is 45.6. The molecule has 0 bridgehead atoms. The van der Waals surface area contributed by atoms with Gasteiger partial charge in [-0.3, -0.25) is 14.4 Å². The maximum Gasteiger partial charge on any atom is 0.345 e. The van der Waals surface area contributed by atoms with Crippen LogP contribution in [0.1, 0.15) is 46.0 Å². The molecule has 7 nitrogen and oxygen atoms in total. The van der Waals surface area contributed by atoms with Crippen molar-refractivity contribution in [3.8, 4) is 0 Å². The number of rotatable bonds is 5. The molecule has 8 heteroatoms. The zero-order chi connectivity index (χ0) is 17.4. The highest BCUT2D eigenvalue weighted by Crippen LogP contribution is 2.25. The minimum Gasteiger partial charge on any atom is -0.478 e. The summed E-state index contributed by atoms with van der Waals surface area (Å²) in [5, 5.41) is 8.83. The molecule has 3 atom stereocenters. The quantitative estimate of drug-likeness (QED) is 0.748. The molecule has 1 N–H and O–H groups in total. The lowest BCUT2D eigenvalue weighted by atomic mass is 10.0. The molecular formula is C15H22O7S. The maximum atomic E-state index is 11.9. The number of ether oxygens (including phenoxy) is 2. The number of aliphatic carboxylic acids is 1. The summed E-state index contributed by atoms with van der Waals surface area (Å²) in [6, 6.07) is 0. The normalized spacial score (nSPS) is 24.4. The second-order valence-electron chi connectivity index (χ2n) is 5.51. The molecule has 0 aromatic heterocycles. The number of carboxylic acids is 1. The van der Waals surface area contributed by atoms with Gasteiger partial charge in [0.15, 0.2) is 0 Å². The molecule has 0 aromatic rings. The standard InChI is InChI=1S/C15H22O7S/c1-9-3-4-11(17)7-12(5-6-14(18)21-9)23-8-13(15(19)20)22-10(2)16/h9,12-13H,3-8H2,1-2H3,(H,19,20)/t9-,12+,13-/m0/s1. The third kappa shape index (κ3) is 8.01. The lowest BCUT2D eigenvalue weighted by molar-refractivity contribution is -0.160. The van der Waals surface area contributed by atoms with E-state index in [-0.39, 0.29) is 41.7 Å². The molecule has 0 radical (unpaired) electrons. The Kier molecular flexibility index (Phi) is 8.08. The minimum absolute atomic E-state index is 0.0400. The van der Waals surface area contributed by atoms with Crippen LogP contribution in [0.2, 0.25) is 0 Å².